The van der Waals surface area contributed by atoms with Crippen LogP contribution < -0.4 is 5.32 Å². The van der Waals surface area contributed by atoms with E-state index in [1.54, 1.807) is 31.3 Å². The quantitative estimate of drug-likeness (QED) is 0.459. The number of amides is 1. The number of hydrogen-bond donors (Lipinski definition) is 1. The van der Waals surface area contributed by atoms with Crippen molar-refractivity contribution >= 4 is 17.2 Å². The molecule has 1 aliphatic rings. The van der Waals surface area contributed by atoms with Crippen molar-refractivity contribution in [1.29, 1.82) is 5.26 Å². The molecule has 2 aromatic carbocycles. The lowest BCUT2D eigenvalue weighted by molar-refractivity contribution is 0.0663. The average Bonchev–Trinajstić information content (AvgIpc) is 2.91. The summed E-state index contributed by atoms with van der Waals surface area (Å²) in [4.78, 5) is 22.0. The van der Waals surface area contributed by atoms with Crippen LogP contribution in [0.4, 0.5) is 0 Å². The van der Waals surface area contributed by atoms with Crippen molar-refractivity contribution in [2.45, 2.75) is 18.9 Å². The van der Waals surface area contributed by atoms with E-state index in [9.17, 15) is 4.79 Å². The standard InChI is InChI=1S/C29H33N5O/c1-6-26(22-10-8-21(20-30)9-11-22)28(31-3)32-27(7-2)23-12-14-24(15-13-23)29(35)34-18-16-25(17-19-34)33(4)5/h6-15,25,31H,1-2,16-19H2,3-5H3/b28-26-,32-27+. The molecule has 2 aromatic rings. The number of nitrogens with one attached hydrogen (secondary N) is 1. The van der Waals surface area contributed by atoms with Crippen molar-refractivity contribution in [2.75, 3.05) is 34.2 Å². The third kappa shape index (κ3) is 6.14. The molecule has 1 saturated heterocycles. The highest BCUT2D eigenvalue weighted by atomic mass is 16.2. The maximum atomic E-state index is 13.0. The molecule has 0 atom stereocenters. The molecule has 1 heterocycles. The van der Waals surface area contributed by atoms with E-state index in [4.69, 9.17) is 10.3 Å². The van der Waals surface area contributed by atoms with Gasteiger partial charge in [-0.25, -0.2) is 4.99 Å². The molecular weight excluding hydrogens is 434 g/mol. The Hall–Kier alpha value is -3.95. The maximum absolute atomic E-state index is 13.0. The Bertz CT molecular complexity index is 1160. The first-order valence-corrected chi connectivity index (χ1v) is 11.7. The third-order valence-electron chi connectivity index (χ3n) is 6.36. The van der Waals surface area contributed by atoms with Crippen LogP contribution in [0.15, 0.2) is 84.7 Å². The van der Waals surface area contributed by atoms with Gasteiger partial charge < -0.3 is 15.1 Å². The second kappa shape index (κ2) is 12.0. The molecule has 1 aliphatic heterocycles. The summed E-state index contributed by atoms with van der Waals surface area (Å²) in [6.07, 6.45) is 5.42. The summed E-state index contributed by atoms with van der Waals surface area (Å²) in [6, 6.07) is 17.5. The second-order valence-corrected chi connectivity index (χ2v) is 8.67. The minimum absolute atomic E-state index is 0.0661. The van der Waals surface area contributed by atoms with E-state index in [1.807, 2.05) is 41.3 Å². The highest BCUT2D eigenvalue weighted by Crippen LogP contribution is 2.22. The van der Waals surface area contributed by atoms with Crippen LogP contribution in [0, 0.1) is 11.3 Å². The first-order chi connectivity index (χ1) is 16.9. The summed E-state index contributed by atoms with van der Waals surface area (Å²) in [5.41, 5.74) is 4.51. The number of nitriles is 1. The van der Waals surface area contributed by atoms with Gasteiger partial charge >= 0.3 is 0 Å². The highest BCUT2D eigenvalue weighted by molar-refractivity contribution is 6.09. The number of aliphatic imine (C=N–C) groups is 1. The number of hydrogen-bond acceptors (Lipinski definition) is 5. The van der Waals surface area contributed by atoms with Crippen LogP contribution in [0.1, 0.15) is 39.9 Å². The fraction of sp³-hybridized carbons (Fsp3) is 0.276. The van der Waals surface area contributed by atoms with Crippen LogP contribution in [0.3, 0.4) is 0 Å². The smallest absolute Gasteiger partial charge is 0.253 e. The van der Waals surface area contributed by atoms with E-state index in [2.05, 4.69) is 43.5 Å². The van der Waals surface area contributed by atoms with E-state index in [1.165, 1.54) is 0 Å². The molecule has 1 N–H and O–H groups in total. The largest absolute Gasteiger partial charge is 0.373 e. The molecule has 0 aliphatic carbocycles. The summed E-state index contributed by atoms with van der Waals surface area (Å²) >= 11 is 0. The van der Waals surface area contributed by atoms with Gasteiger partial charge in [0.25, 0.3) is 5.91 Å². The molecule has 6 heteroatoms. The first kappa shape index (κ1) is 25.7. The number of benzene rings is 2. The highest BCUT2D eigenvalue weighted by Gasteiger charge is 2.24. The fourth-order valence-corrected chi connectivity index (χ4v) is 4.23. The van der Waals surface area contributed by atoms with Crippen molar-refractivity contribution in [3.05, 3.63) is 102 Å². The minimum atomic E-state index is 0.0661. The van der Waals surface area contributed by atoms with Crippen LogP contribution in [0.2, 0.25) is 0 Å². The third-order valence-corrected chi connectivity index (χ3v) is 6.36. The van der Waals surface area contributed by atoms with Gasteiger partial charge in [-0.1, -0.05) is 43.5 Å². The van der Waals surface area contributed by atoms with E-state index < -0.39 is 0 Å². The monoisotopic (exact) mass is 467 g/mol. The average molecular weight is 468 g/mol. The molecule has 0 bridgehead atoms. The molecule has 0 radical (unpaired) electrons. The van der Waals surface area contributed by atoms with Gasteiger partial charge in [-0.2, -0.15) is 5.26 Å². The Kier molecular flexibility index (Phi) is 8.77. The van der Waals surface area contributed by atoms with Crippen molar-refractivity contribution in [1.82, 2.24) is 15.1 Å². The molecule has 1 amide bonds. The predicted octanol–water partition coefficient (Wildman–Crippen LogP) is 4.47. The van der Waals surface area contributed by atoms with Gasteiger partial charge in [0, 0.05) is 42.9 Å². The van der Waals surface area contributed by atoms with Crippen molar-refractivity contribution in [2.24, 2.45) is 4.99 Å². The molecule has 0 aromatic heterocycles. The van der Waals surface area contributed by atoms with E-state index in [0.717, 1.165) is 42.6 Å². The summed E-state index contributed by atoms with van der Waals surface area (Å²) < 4.78 is 0. The zero-order valence-corrected chi connectivity index (χ0v) is 20.8. The normalized spacial score (nSPS) is 15.3. The van der Waals surface area contributed by atoms with Gasteiger partial charge in [0.2, 0.25) is 0 Å². The second-order valence-electron chi connectivity index (χ2n) is 8.67. The minimum Gasteiger partial charge on any atom is -0.373 e. The lowest BCUT2D eigenvalue weighted by Crippen LogP contribution is -2.44. The molecule has 0 spiro atoms. The molecule has 180 valence electrons. The van der Waals surface area contributed by atoms with E-state index in [0.29, 0.717) is 28.7 Å². The summed E-state index contributed by atoms with van der Waals surface area (Å²) in [6.45, 7) is 9.43. The molecule has 1 fully saturated rings. The number of piperidine rings is 1. The van der Waals surface area contributed by atoms with Crippen LogP contribution in [0.5, 0.6) is 0 Å². The number of rotatable bonds is 8. The Morgan fingerprint density at radius 3 is 2.09 bits per heavy atom. The topological polar surface area (TPSA) is 71.7 Å². The van der Waals surface area contributed by atoms with Gasteiger partial charge in [0.1, 0.15) is 5.82 Å². The Morgan fingerprint density at radius 1 is 1.03 bits per heavy atom. The van der Waals surface area contributed by atoms with E-state index in [-0.39, 0.29) is 5.91 Å². The number of allylic oxidation sites excluding steroid dienone is 3. The van der Waals surface area contributed by atoms with E-state index >= 15 is 0 Å². The predicted molar refractivity (Wildman–Crippen MR) is 143 cm³/mol. The van der Waals surface area contributed by atoms with Crippen molar-refractivity contribution in [3.63, 3.8) is 0 Å². The Morgan fingerprint density at radius 2 is 1.60 bits per heavy atom. The number of carbonyl (C=O) groups is 1. The SMILES string of the molecule is C=C/C(=C(/N=C(\C=C)c1ccc(C(=O)N2CCC(N(C)C)CC2)cc1)NC)c1ccc(C#N)cc1. The molecule has 3 rings (SSSR count). The Labute approximate surface area is 208 Å². The van der Waals surface area contributed by atoms with Gasteiger partial charge in [-0.15, -0.1) is 0 Å². The number of likely N-dealkylation sites (tertiary alicyclic amines) is 1. The molecule has 0 unspecified atom stereocenters. The number of nitrogens with zero attached hydrogens (tertiary/aromatic N) is 4. The molecular formula is C29H33N5O. The summed E-state index contributed by atoms with van der Waals surface area (Å²) in [5.74, 6) is 0.694. The fourth-order valence-electron chi connectivity index (χ4n) is 4.23. The first-order valence-electron chi connectivity index (χ1n) is 11.7. The molecule has 0 saturated carbocycles. The zero-order valence-electron chi connectivity index (χ0n) is 20.8. The van der Waals surface area contributed by atoms with Gasteiger partial charge in [0.05, 0.1) is 17.3 Å². The van der Waals surface area contributed by atoms with Gasteiger partial charge in [0.15, 0.2) is 0 Å². The maximum Gasteiger partial charge on any atom is 0.253 e. The van der Waals surface area contributed by atoms with Crippen LogP contribution in [0.25, 0.3) is 5.57 Å². The Balaban J connectivity index is 1.83. The van der Waals surface area contributed by atoms with Crippen molar-refractivity contribution < 1.29 is 4.79 Å². The summed E-state index contributed by atoms with van der Waals surface area (Å²) in [7, 11) is 5.99. The van der Waals surface area contributed by atoms with Crippen molar-refractivity contribution in [3.8, 4) is 6.07 Å². The van der Waals surface area contributed by atoms with Gasteiger partial charge in [-0.3, -0.25) is 4.79 Å². The lowest BCUT2D eigenvalue weighted by atomic mass is 10.0. The summed E-state index contributed by atoms with van der Waals surface area (Å²) in [5, 5.41) is 12.2. The number of carbonyl (C=O) groups excluding carboxylic acids is 1. The van der Waals surface area contributed by atoms with Crippen LogP contribution in [-0.2, 0) is 0 Å². The lowest BCUT2D eigenvalue weighted by Gasteiger charge is -2.35. The van der Waals surface area contributed by atoms with Crippen LogP contribution in [-0.4, -0.2) is 61.7 Å². The molecule has 6 nitrogen and oxygen atoms in total. The zero-order chi connectivity index (χ0) is 25.4. The van der Waals surface area contributed by atoms with Gasteiger partial charge in [-0.05, 0) is 62.8 Å². The molecule has 35 heavy (non-hydrogen) atoms. The van der Waals surface area contributed by atoms with Crippen LogP contribution >= 0.6 is 0 Å².